The summed E-state index contributed by atoms with van der Waals surface area (Å²) in [6.45, 7) is 3.86. The van der Waals surface area contributed by atoms with Crippen molar-refractivity contribution >= 4 is 12.1 Å². The summed E-state index contributed by atoms with van der Waals surface area (Å²) >= 11 is 0. The normalized spacial score (nSPS) is 26.2. The van der Waals surface area contributed by atoms with Crippen LogP contribution in [0, 0.1) is 5.92 Å². The van der Waals surface area contributed by atoms with Gasteiger partial charge in [-0.15, -0.1) is 0 Å². The molecule has 1 amide bonds. The molecular formula is C7H11NO3. The van der Waals surface area contributed by atoms with Crippen LogP contribution in [0.1, 0.15) is 20.3 Å². The zero-order valence-corrected chi connectivity index (χ0v) is 6.59. The van der Waals surface area contributed by atoms with E-state index in [1.807, 2.05) is 13.8 Å². The Labute approximate surface area is 64.9 Å². The van der Waals surface area contributed by atoms with Gasteiger partial charge in [-0.1, -0.05) is 20.3 Å². The van der Waals surface area contributed by atoms with E-state index < -0.39 is 18.1 Å². The third-order valence-electron chi connectivity index (χ3n) is 1.93. The molecule has 1 aliphatic heterocycles. The van der Waals surface area contributed by atoms with E-state index in [4.69, 9.17) is 0 Å². The molecule has 1 fully saturated rings. The van der Waals surface area contributed by atoms with E-state index in [0.717, 1.165) is 6.42 Å². The van der Waals surface area contributed by atoms with Gasteiger partial charge in [-0.05, 0) is 5.92 Å². The minimum Gasteiger partial charge on any atom is -0.375 e. The smallest absolute Gasteiger partial charge is 0.375 e. The minimum atomic E-state index is -0.625. The number of ether oxygens (including phenoxy) is 1. The van der Waals surface area contributed by atoms with E-state index in [9.17, 15) is 9.59 Å². The predicted octanol–water partition coefficient (Wildman–Crippen LogP) is 0.667. The SMILES string of the molecule is CC[C@@H](C)[C@@H]1NC(=O)OC1=O. The molecule has 0 aliphatic carbocycles. The molecule has 0 saturated carbocycles. The van der Waals surface area contributed by atoms with Crippen LogP contribution in [0.2, 0.25) is 0 Å². The number of hydrogen-bond acceptors (Lipinski definition) is 3. The maximum absolute atomic E-state index is 10.9. The van der Waals surface area contributed by atoms with Crippen molar-refractivity contribution in [2.75, 3.05) is 0 Å². The number of carbonyl (C=O) groups is 2. The number of hydrogen-bond donors (Lipinski definition) is 1. The Hall–Kier alpha value is -1.06. The highest BCUT2D eigenvalue weighted by molar-refractivity contribution is 5.95. The number of nitrogens with one attached hydrogen (secondary N) is 1. The molecule has 1 heterocycles. The highest BCUT2D eigenvalue weighted by Gasteiger charge is 2.35. The highest BCUT2D eigenvalue weighted by Crippen LogP contribution is 2.13. The van der Waals surface area contributed by atoms with Gasteiger partial charge in [0.05, 0.1) is 0 Å². The molecule has 1 aliphatic rings. The Morgan fingerprint density at radius 2 is 2.27 bits per heavy atom. The number of amides is 1. The summed E-state index contributed by atoms with van der Waals surface area (Å²) in [5, 5.41) is 2.44. The number of cyclic esters (lactones) is 2. The topological polar surface area (TPSA) is 55.4 Å². The van der Waals surface area contributed by atoms with Crippen LogP contribution in [0.25, 0.3) is 0 Å². The lowest BCUT2D eigenvalue weighted by Gasteiger charge is -2.11. The summed E-state index contributed by atoms with van der Waals surface area (Å²) in [5.74, 6) is -0.307. The lowest BCUT2D eigenvalue weighted by molar-refractivity contribution is -0.136. The molecule has 0 radical (unpaired) electrons. The van der Waals surface area contributed by atoms with Gasteiger partial charge < -0.3 is 10.1 Å². The summed E-state index contributed by atoms with van der Waals surface area (Å²) in [7, 11) is 0. The summed E-state index contributed by atoms with van der Waals surface area (Å²) < 4.78 is 4.31. The van der Waals surface area contributed by atoms with Crippen molar-refractivity contribution in [2.45, 2.75) is 26.3 Å². The van der Waals surface area contributed by atoms with Crippen LogP contribution < -0.4 is 5.32 Å². The summed E-state index contributed by atoms with van der Waals surface area (Å²) in [5.41, 5.74) is 0. The van der Waals surface area contributed by atoms with E-state index in [0.29, 0.717) is 0 Å². The molecule has 1 N–H and O–H groups in total. The van der Waals surface area contributed by atoms with Gasteiger partial charge in [0.25, 0.3) is 0 Å². The summed E-state index contributed by atoms with van der Waals surface area (Å²) in [6, 6.07) is -0.438. The fourth-order valence-electron chi connectivity index (χ4n) is 0.980. The van der Waals surface area contributed by atoms with E-state index in [1.165, 1.54) is 0 Å². The van der Waals surface area contributed by atoms with Gasteiger partial charge in [0.2, 0.25) is 0 Å². The maximum Gasteiger partial charge on any atom is 0.415 e. The number of esters is 1. The molecule has 1 rings (SSSR count). The highest BCUT2D eigenvalue weighted by atomic mass is 16.6. The van der Waals surface area contributed by atoms with Gasteiger partial charge >= 0.3 is 12.1 Å². The first-order valence-electron chi connectivity index (χ1n) is 3.67. The van der Waals surface area contributed by atoms with Gasteiger partial charge in [0.15, 0.2) is 0 Å². The van der Waals surface area contributed by atoms with E-state index >= 15 is 0 Å². The molecule has 4 heteroatoms. The van der Waals surface area contributed by atoms with Crippen molar-refractivity contribution in [3.8, 4) is 0 Å². The van der Waals surface area contributed by atoms with Gasteiger partial charge in [-0.2, -0.15) is 0 Å². The molecule has 0 spiro atoms. The molecule has 0 aromatic heterocycles. The Balaban J connectivity index is 2.59. The average Bonchev–Trinajstić information content (AvgIpc) is 2.28. The number of alkyl carbamates (subject to hydrolysis) is 1. The standard InChI is InChI=1S/C7H11NO3/c1-3-4(2)5-6(9)11-7(10)8-5/h4-5H,3H2,1-2H3,(H,8,10)/t4-,5+/m1/s1. The second-order valence-electron chi connectivity index (χ2n) is 2.72. The van der Waals surface area contributed by atoms with Crippen LogP contribution in [0.5, 0.6) is 0 Å². The maximum atomic E-state index is 10.9. The van der Waals surface area contributed by atoms with Crippen LogP contribution in [-0.4, -0.2) is 18.1 Å². The summed E-state index contributed by atoms with van der Waals surface area (Å²) in [4.78, 5) is 21.4. The fourth-order valence-corrected chi connectivity index (χ4v) is 0.980. The van der Waals surface area contributed by atoms with Crippen LogP contribution >= 0.6 is 0 Å². The molecule has 11 heavy (non-hydrogen) atoms. The van der Waals surface area contributed by atoms with Gasteiger partial charge in [-0.3, -0.25) is 0 Å². The Morgan fingerprint density at radius 3 is 2.64 bits per heavy atom. The number of carbonyl (C=O) groups excluding carboxylic acids is 2. The van der Waals surface area contributed by atoms with Crippen molar-refractivity contribution in [3.05, 3.63) is 0 Å². The third-order valence-corrected chi connectivity index (χ3v) is 1.93. The molecular weight excluding hydrogens is 146 g/mol. The molecule has 0 unspecified atom stereocenters. The monoisotopic (exact) mass is 157 g/mol. The van der Waals surface area contributed by atoms with Crippen molar-refractivity contribution < 1.29 is 14.3 Å². The minimum absolute atomic E-state index is 0.147. The van der Waals surface area contributed by atoms with Crippen molar-refractivity contribution in [3.63, 3.8) is 0 Å². The van der Waals surface area contributed by atoms with Crippen molar-refractivity contribution in [1.82, 2.24) is 5.32 Å². The van der Waals surface area contributed by atoms with Crippen molar-refractivity contribution in [1.29, 1.82) is 0 Å². The quantitative estimate of drug-likeness (QED) is 0.473. The largest absolute Gasteiger partial charge is 0.415 e. The molecule has 62 valence electrons. The van der Waals surface area contributed by atoms with Crippen LogP contribution in [-0.2, 0) is 9.53 Å². The third kappa shape index (κ3) is 1.50. The number of rotatable bonds is 2. The van der Waals surface area contributed by atoms with Crippen LogP contribution in [0.4, 0.5) is 4.79 Å². The first-order chi connectivity index (χ1) is 5.15. The molecule has 0 bridgehead atoms. The average molecular weight is 157 g/mol. The van der Waals surface area contributed by atoms with Crippen LogP contribution in [0.3, 0.4) is 0 Å². The fraction of sp³-hybridized carbons (Fsp3) is 0.714. The van der Waals surface area contributed by atoms with Gasteiger partial charge in [0, 0.05) is 0 Å². The van der Waals surface area contributed by atoms with E-state index in [-0.39, 0.29) is 5.92 Å². The van der Waals surface area contributed by atoms with Gasteiger partial charge in [0.1, 0.15) is 6.04 Å². The molecule has 0 aromatic rings. The molecule has 2 atom stereocenters. The first-order valence-corrected chi connectivity index (χ1v) is 3.67. The lowest BCUT2D eigenvalue weighted by atomic mass is 10.0. The zero-order valence-electron chi connectivity index (χ0n) is 6.59. The Morgan fingerprint density at radius 1 is 1.64 bits per heavy atom. The van der Waals surface area contributed by atoms with Gasteiger partial charge in [-0.25, -0.2) is 9.59 Å². The van der Waals surface area contributed by atoms with E-state index in [1.54, 1.807) is 0 Å². The zero-order chi connectivity index (χ0) is 8.43. The second kappa shape index (κ2) is 2.90. The molecule has 4 nitrogen and oxygen atoms in total. The molecule has 1 saturated heterocycles. The van der Waals surface area contributed by atoms with Crippen LogP contribution in [0.15, 0.2) is 0 Å². The van der Waals surface area contributed by atoms with E-state index in [2.05, 4.69) is 10.1 Å². The Bertz CT molecular complexity index is 190. The first kappa shape index (κ1) is 8.04. The van der Waals surface area contributed by atoms with Crippen molar-refractivity contribution in [2.24, 2.45) is 5.92 Å². The lowest BCUT2D eigenvalue weighted by Crippen LogP contribution is -2.34. The Kier molecular flexibility index (Phi) is 2.12. The second-order valence-corrected chi connectivity index (χ2v) is 2.72. The summed E-state index contributed by atoms with van der Waals surface area (Å²) in [6.07, 6.45) is 0.223. The molecule has 0 aromatic carbocycles. The predicted molar refractivity (Wildman–Crippen MR) is 37.9 cm³/mol.